The number of sulfone groups is 1. The molecule has 0 atom stereocenters. The van der Waals surface area contributed by atoms with Crippen LogP contribution in [0.15, 0.2) is 47.4 Å². The normalized spacial score (nSPS) is 15.8. The SMILES string of the molecule is Cc1cccc(C)c1NC(=O)C1(S(=O)(=O)c2ccc(Cl)cc2)CC1. The summed E-state index contributed by atoms with van der Waals surface area (Å²) in [4.78, 5) is 12.9. The summed E-state index contributed by atoms with van der Waals surface area (Å²) in [5.41, 5.74) is 2.49. The topological polar surface area (TPSA) is 63.2 Å². The molecule has 1 aliphatic carbocycles. The smallest absolute Gasteiger partial charge is 0.246 e. The summed E-state index contributed by atoms with van der Waals surface area (Å²) in [7, 11) is -3.76. The third kappa shape index (κ3) is 2.72. The Labute approximate surface area is 146 Å². The van der Waals surface area contributed by atoms with Crippen LogP contribution in [0.5, 0.6) is 0 Å². The van der Waals surface area contributed by atoms with Gasteiger partial charge < -0.3 is 5.32 Å². The molecule has 1 aliphatic rings. The third-order valence-electron chi connectivity index (χ3n) is 4.48. The van der Waals surface area contributed by atoms with E-state index in [1.807, 2.05) is 32.0 Å². The highest BCUT2D eigenvalue weighted by Gasteiger charge is 2.61. The monoisotopic (exact) mass is 363 g/mol. The van der Waals surface area contributed by atoms with Gasteiger partial charge in [0, 0.05) is 10.7 Å². The van der Waals surface area contributed by atoms with E-state index in [1.54, 1.807) is 0 Å². The number of hydrogen-bond acceptors (Lipinski definition) is 3. The molecule has 0 heterocycles. The Morgan fingerprint density at radius 1 is 1.04 bits per heavy atom. The van der Waals surface area contributed by atoms with Crippen molar-refractivity contribution < 1.29 is 13.2 Å². The largest absolute Gasteiger partial charge is 0.324 e. The number of carbonyl (C=O) groups excluding carboxylic acids is 1. The maximum absolute atomic E-state index is 12.9. The van der Waals surface area contributed by atoms with Crippen molar-refractivity contribution in [3.05, 3.63) is 58.6 Å². The lowest BCUT2D eigenvalue weighted by Gasteiger charge is -2.18. The molecule has 1 saturated carbocycles. The number of nitrogens with one attached hydrogen (secondary N) is 1. The molecule has 24 heavy (non-hydrogen) atoms. The van der Waals surface area contributed by atoms with Crippen LogP contribution in [0.4, 0.5) is 5.69 Å². The van der Waals surface area contributed by atoms with Crippen LogP contribution in [0.3, 0.4) is 0 Å². The number of hydrogen-bond donors (Lipinski definition) is 1. The summed E-state index contributed by atoms with van der Waals surface area (Å²) in [6.07, 6.45) is 0.656. The Bertz CT molecular complexity index is 880. The molecule has 4 nitrogen and oxygen atoms in total. The fourth-order valence-corrected chi connectivity index (χ4v) is 4.82. The van der Waals surface area contributed by atoms with Gasteiger partial charge in [0.15, 0.2) is 14.6 Å². The molecular formula is C18H18ClNO3S. The molecule has 1 fully saturated rings. The minimum absolute atomic E-state index is 0.126. The van der Waals surface area contributed by atoms with Gasteiger partial charge in [-0.25, -0.2) is 8.42 Å². The van der Waals surface area contributed by atoms with Gasteiger partial charge >= 0.3 is 0 Å². The van der Waals surface area contributed by atoms with Crippen LogP contribution in [0.25, 0.3) is 0 Å². The van der Waals surface area contributed by atoms with Gasteiger partial charge in [-0.1, -0.05) is 29.8 Å². The molecule has 6 heteroatoms. The number of benzene rings is 2. The first-order valence-corrected chi connectivity index (χ1v) is 9.52. The van der Waals surface area contributed by atoms with E-state index in [-0.39, 0.29) is 4.90 Å². The van der Waals surface area contributed by atoms with E-state index in [0.717, 1.165) is 11.1 Å². The molecule has 2 aromatic rings. The quantitative estimate of drug-likeness (QED) is 0.895. The predicted molar refractivity (Wildman–Crippen MR) is 95.1 cm³/mol. The van der Waals surface area contributed by atoms with Crippen LogP contribution in [0, 0.1) is 13.8 Å². The average molecular weight is 364 g/mol. The van der Waals surface area contributed by atoms with Crippen LogP contribution in [0.1, 0.15) is 24.0 Å². The van der Waals surface area contributed by atoms with Gasteiger partial charge in [-0.3, -0.25) is 4.79 Å². The first-order valence-electron chi connectivity index (χ1n) is 7.66. The van der Waals surface area contributed by atoms with Gasteiger partial charge in [0.2, 0.25) is 5.91 Å². The molecule has 0 radical (unpaired) electrons. The third-order valence-corrected chi connectivity index (χ3v) is 7.24. The second-order valence-electron chi connectivity index (χ2n) is 6.17. The molecule has 0 saturated heterocycles. The number of aryl methyl sites for hydroxylation is 2. The molecule has 0 aliphatic heterocycles. The number of anilines is 1. The summed E-state index contributed by atoms with van der Waals surface area (Å²) in [6, 6.07) is 11.6. The van der Waals surface area contributed by atoms with Gasteiger partial charge in [-0.15, -0.1) is 0 Å². The highest BCUT2D eigenvalue weighted by molar-refractivity contribution is 7.94. The van der Waals surface area contributed by atoms with Crippen molar-refractivity contribution in [2.75, 3.05) is 5.32 Å². The Morgan fingerprint density at radius 3 is 2.08 bits per heavy atom. The zero-order valence-corrected chi connectivity index (χ0v) is 15.0. The summed E-state index contributed by atoms with van der Waals surface area (Å²) in [5.74, 6) is -0.463. The van der Waals surface area contributed by atoms with Crippen LogP contribution >= 0.6 is 11.6 Å². The second-order valence-corrected chi connectivity index (χ2v) is 8.87. The van der Waals surface area contributed by atoms with E-state index in [0.29, 0.717) is 23.6 Å². The van der Waals surface area contributed by atoms with Crippen LogP contribution in [0.2, 0.25) is 5.02 Å². The fourth-order valence-electron chi connectivity index (χ4n) is 2.81. The van der Waals surface area contributed by atoms with Crippen LogP contribution < -0.4 is 5.32 Å². The first kappa shape index (κ1) is 17.0. The summed E-state index contributed by atoms with van der Waals surface area (Å²) in [5, 5.41) is 3.28. The van der Waals surface area contributed by atoms with Crippen molar-refractivity contribution in [3.8, 4) is 0 Å². The number of para-hydroxylation sites is 1. The van der Waals surface area contributed by atoms with Crippen molar-refractivity contribution >= 4 is 33.0 Å². The Kier molecular flexibility index (Phi) is 4.18. The van der Waals surface area contributed by atoms with Crippen LogP contribution in [-0.4, -0.2) is 19.1 Å². The highest BCUT2D eigenvalue weighted by atomic mass is 35.5. The number of halogens is 1. The van der Waals surface area contributed by atoms with Crippen molar-refractivity contribution in [2.45, 2.75) is 36.3 Å². The van der Waals surface area contributed by atoms with E-state index < -0.39 is 20.5 Å². The van der Waals surface area contributed by atoms with Gasteiger partial charge in [0.05, 0.1) is 4.90 Å². The van der Waals surface area contributed by atoms with Crippen molar-refractivity contribution in [1.29, 1.82) is 0 Å². The van der Waals surface area contributed by atoms with Crippen molar-refractivity contribution in [3.63, 3.8) is 0 Å². The molecule has 3 rings (SSSR count). The summed E-state index contributed by atoms with van der Waals surface area (Å²) >= 11 is 5.82. The first-order chi connectivity index (χ1) is 11.3. The standard InChI is InChI=1S/C18H18ClNO3S/c1-12-4-3-5-13(2)16(12)20-17(21)18(10-11-18)24(22,23)15-8-6-14(19)7-9-15/h3-9H,10-11H2,1-2H3,(H,20,21). The lowest BCUT2D eigenvalue weighted by molar-refractivity contribution is -0.116. The fraction of sp³-hybridized carbons (Fsp3) is 0.278. The predicted octanol–water partition coefficient (Wildman–Crippen LogP) is 3.90. The second kappa shape index (κ2) is 5.90. The Hall–Kier alpha value is -1.85. The van der Waals surface area contributed by atoms with Crippen molar-refractivity contribution in [1.82, 2.24) is 0 Å². The van der Waals surface area contributed by atoms with E-state index in [4.69, 9.17) is 11.6 Å². The van der Waals surface area contributed by atoms with Gasteiger partial charge in [0.1, 0.15) is 0 Å². The van der Waals surface area contributed by atoms with E-state index in [9.17, 15) is 13.2 Å². The minimum atomic E-state index is -3.76. The maximum atomic E-state index is 12.9. The molecule has 0 unspecified atom stereocenters. The zero-order valence-electron chi connectivity index (χ0n) is 13.5. The summed E-state index contributed by atoms with van der Waals surface area (Å²) in [6.45, 7) is 3.77. The van der Waals surface area contributed by atoms with E-state index >= 15 is 0 Å². The number of rotatable bonds is 4. The minimum Gasteiger partial charge on any atom is -0.324 e. The van der Waals surface area contributed by atoms with Crippen LogP contribution in [-0.2, 0) is 14.6 Å². The maximum Gasteiger partial charge on any atom is 0.246 e. The highest BCUT2D eigenvalue weighted by Crippen LogP contribution is 2.48. The molecule has 0 bridgehead atoms. The van der Waals surface area contributed by atoms with E-state index in [2.05, 4.69) is 5.32 Å². The molecular weight excluding hydrogens is 346 g/mol. The van der Waals surface area contributed by atoms with Gasteiger partial charge in [-0.05, 0) is 62.1 Å². The molecule has 2 aromatic carbocycles. The molecule has 0 aromatic heterocycles. The van der Waals surface area contributed by atoms with Crippen molar-refractivity contribution in [2.24, 2.45) is 0 Å². The molecule has 1 N–H and O–H groups in total. The summed E-state index contributed by atoms with van der Waals surface area (Å²) < 4.78 is 24.5. The Morgan fingerprint density at radius 2 is 1.58 bits per heavy atom. The molecule has 1 amide bonds. The zero-order chi connectivity index (χ0) is 17.5. The number of carbonyl (C=O) groups is 1. The number of amides is 1. The lowest BCUT2D eigenvalue weighted by atomic mass is 10.1. The average Bonchev–Trinajstić information content (AvgIpc) is 3.33. The van der Waals surface area contributed by atoms with Gasteiger partial charge in [0.25, 0.3) is 0 Å². The Balaban J connectivity index is 1.93. The lowest BCUT2D eigenvalue weighted by Crippen LogP contribution is -2.37. The van der Waals surface area contributed by atoms with E-state index in [1.165, 1.54) is 24.3 Å². The van der Waals surface area contributed by atoms with Gasteiger partial charge in [-0.2, -0.15) is 0 Å². The molecule has 0 spiro atoms. The molecule has 126 valence electrons.